The molecule has 0 bridgehead atoms. The summed E-state index contributed by atoms with van der Waals surface area (Å²) >= 11 is 0. The molecule has 2 saturated heterocycles. The molecule has 3 aliphatic rings. The van der Waals surface area contributed by atoms with Gasteiger partial charge in [-0.15, -0.1) is 0 Å². The van der Waals surface area contributed by atoms with E-state index in [2.05, 4.69) is 9.89 Å². The number of ether oxygens (including phenoxy) is 3. The molecular weight excluding hydrogens is 386 g/mol. The van der Waals surface area contributed by atoms with Crippen molar-refractivity contribution in [3.8, 4) is 11.5 Å². The molecule has 158 valence electrons. The van der Waals surface area contributed by atoms with E-state index in [4.69, 9.17) is 14.3 Å². The van der Waals surface area contributed by atoms with Crippen molar-refractivity contribution in [2.45, 2.75) is 50.9 Å². The quantitative estimate of drug-likeness (QED) is 0.721. The molecule has 1 unspecified atom stereocenters. The molecule has 0 radical (unpaired) electrons. The maximum atomic E-state index is 12.8. The standard InChI is InChI=1S/C20H24F2N2O5/c1-13(25)24-7-2-3-15(24)11-27-18-9-14(4-5-17(18)28-19(21)22)16-10-20(29-23-16)6-8-26-12-20/h4-5,9,15,19H,2-3,6-8,10-12H2,1H3/t15-,20?/m0/s1. The van der Waals surface area contributed by atoms with Gasteiger partial charge < -0.3 is 23.9 Å². The van der Waals surface area contributed by atoms with Crippen molar-refractivity contribution in [1.29, 1.82) is 0 Å². The minimum Gasteiger partial charge on any atom is -0.488 e. The van der Waals surface area contributed by atoms with Crippen LogP contribution in [0.3, 0.4) is 0 Å². The van der Waals surface area contributed by atoms with Crippen LogP contribution in [0.1, 0.15) is 38.2 Å². The Morgan fingerprint density at radius 2 is 2.28 bits per heavy atom. The van der Waals surface area contributed by atoms with E-state index in [9.17, 15) is 13.6 Å². The zero-order chi connectivity index (χ0) is 20.4. The van der Waals surface area contributed by atoms with Gasteiger partial charge >= 0.3 is 6.61 Å². The molecule has 1 aromatic carbocycles. The lowest BCUT2D eigenvalue weighted by Crippen LogP contribution is -2.37. The van der Waals surface area contributed by atoms with Crippen LogP contribution >= 0.6 is 0 Å². The Morgan fingerprint density at radius 3 is 3.00 bits per heavy atom. The summed E-state index contributed by atoms with van der Waals surface area (Å²) in [6.07, 6.45) is 3.06. The first-order valence-electron chi connectivity index (χ1n) is 9.78. The number of halogens is 2. The van der Waals surface area contributed by atoms with Crippen molar-refractivity contribution in [2.75, 3.05) is 26.4 Å². The third-order valence-electron chi connectivity index (χ3n) is 5.61. The first-order valence-corrected chi connectivity index (χ1v) is 9.78. The van der Waals surface area contributed by atoms with Gasteiger partial charge in [0.25, 0.3) is 0 Å². The van der Waals surface area contributed by atoms with Gasteiger partial charge in [0.15, 0.2) is 17.1 Å². The maximum absolute atomic E-state index is 12.8. The molecule has 0 aliphatic carbocycles. The number of hydrogen-bond donors (Lipinski definition) is 0. The molecule has 0 N–H and O–H groups in total. The van der Waals surface area contributed by atoms with Crippen molar-refractivity contribution in [1.82, 2.24) is 4.90 Å². The van der Waals surface area contributed by atoms with Gasteiger partial charge in [-0.1, -0.05) is 5.16 Å². The van der Waals surface area contributed by atoms with Crippen LogP contribution in [0.25, 0.3) is 0 Å². The van der Waals surface area contributed by atoms with E-state index in [0.29, 0.717) is 26.2 Å². The van der Waals surface area contributed by atoms with E-state index in [1.807, 2.05) is 0 Å². The van der Waals surface area contributed by atoms with E-state index in [1.165, 1.54) is 13.0 Å². The summed E-state index contributed by atoms with van der Waals surface area (Å²) in [6, 6.07) is 4.68. The van der Waals surface area contributed by atoms with E-state index in [0.717, 1.165) is 30.5 Å². The lowest BCUT2D eigenvalue weighted by molar-refractivity contribution is -0.130. The normalized spacial score (nSPS) is 26.1. The fourth-order valence-electron chi connectivity index (χ4n) is 4.08. The van der Waals surface area contributed by atoms with E-state index < -0.39 is 12.2 Å². The molecule has 29 heavy (non-hydrogen) atoms. The summed E-state index contributed by atoms with van der Waals surface area (Å²) in [7, 11) is 0. The van der Waals surface area contributed by atoms with Crippen LogP contribution in [0.4, 0.5) is 8.78 Å². The van der Waals surface area contributed by atoms with Crippen molar-refractivity contribution in [3.05, 3.63) is 23.8 Å². The average Bonchev–Trinajstić information content (AvgIpc) is 3.42. The molecule has 3 heterocycles. The Labute approximate surface area is 167 Å². The molecule has 1 aromatic rings. The van der Waals surface area contributed by atoms with Crippen LogP contribution in [-0.4, -0.2) is 61.1 Å². The van der Waals surface area contributed by atoms with Gasteiger partial charge in [-0.25, -0.2) is 0 Å². The first kappa shape index (κ1) is 19.9. The Bertz CT molecular complexity index is 795. The molecule has 1 spiro atoms. The molecule has 0 aromatic heterocycles. The van der Waals surface area contributed by atoms with Crippen molar-refractivity contribution in [3.63, 3.8) is 0 Å². The Balaban J connectivity index is 1.51. The molecular formula is C20H24F2N2O5. The Morgan fingerprint density at radius 1 is 1.41 bits per heavy atom. The topological polar surface area (TPSA) is 69.6 Å². The molecule has 2 atom stereocenters. The van der Waals surface area contributed by atoms with Crippen LogP contribution in [0, 0.1) is 0 Å². The van der Waals surface area contributed by atoms with Crippen molar-refractivity contribution in [2.24, 2.45) is 5.16 Å². The average molecular weight is 410 g/mol. The smallest absolute Gasteiger partial charge is 0.387 e. The first-order chi connectivity index (χ1) is 14.0. The summed E-state index contributed by atoms with van der Waals surface area (Å²) in [5.41, 5.74) is 1.01. The highest BCUT2D eigenvalue weighted by atomic mass is 19.3. The van der Waals surface area contributed by atoms with Gasteiger partial charge in [0, 0.05) is 31.9 Å². The predicted octanol–water partition coefficient (Wildman–Crippen LogP) is 2.96. The van der Waals surface area contributed by atoms with Gasteiger partial charge in [-0.3, -0.25) is 4.79 Å². The second-order valence-corrected chi connectivity index (χ2v) is 7.65. The van der Waals surface area contributed by atoms with Crippen molar-refractivity contribution >= 4 is 11.6 Å². The maximum Gasteiger partial charge on any atom is 0.387 e. The lowest BCUT2D eigenvalue weighted by atomic mass is 9.93. The summed E-state index contributed by atoms with van der Waals surface area (Å²) in [6.45, 7) is 0.566. The zero-order valence-corrected chi connectivity index (χ0v) is 16.2. The van der Waals surface area contributed by atoms with Crippen LogP contribution in [0.15, 0.2) is 23.4 Å². The fraction of sp³-hybridized carbons (Fsp3) is 0.600. The molecule has 1 amide bonds. The number of likely N-dealkylation sites (tertiary alicyclic amines) is 1. The van der Waals surface area contributed by atoms with E-state index in [-0.39, 0.29) is 30.1 Å². The number of alkyl halides is 2. The second-order valence-electron chi connectivity index (χ2n) is 7.65. The second kappa shape index (κ2) is 8.14. The molecule has 7 nitrogen and oxygen atoms in total. The van der Waals surface area contributed by atoms with Gasteiger partial charge in [-0.2, -0.15) is 8.78 Å². The number of benzene rings is 1. The highest BCUT2D eigenvalue weighted by Gasteiger charge is 2.43. The minimum absolute atomic E-state index is 0.0181. The number of carbonyl (C=O) groups excluding carboxylic acids is 1. The number of amides is 1. The van der Waals surface area contributed by atoms with Crippen molar-refractivity contribution < 1.29 is 32.6 Å². The molecule has 3 aliphatic heterocycles. The monoisotopic (exact) mass is 410 g/mol. The van der Waals surface area contributed by atoms with Crippen LogP contribution in [0.2, 0.25) is 0 Å². The third-order valence-corrected chi connectivity index (χ3v) is 5.61. The van der Waals surface area contributed by atoms with Crippen LogP contribution in [0.5, 0.6) is 11.5 Å². The van der Waals surface area contributed by atoms with Gasteiger partial charge in [0.2, 0.25) is 5.91 Å². The van der Waals surface area contributed by atoms with Gasteiger partial charge in [0.1, 0.15) is 6.61 Å². The van der Waals surface area contributed by atoms with E-state index >= 15 is 0 Å². The van der Waals surface area contributed by atoms with Gasteiger partial charge in [-0.05, 0) is 31.0 Å². The zero-order valence-electron chi connectivity index (χ0n) is 16.2. The van der Waals surface area contributed by atoms with Crippen LogP contribution in [-0.2, 0) is 14.4 Å². The van der Waals surface area contributed by atoms with Crippen LogP contribution < -0.4 is 9.47 Å². The molecule has 9 heteroatoms. The summed E-state index contributed by atoms with van der Waals surface area (Å²) in [5.74, 6) is 0.134. The predicted molar refractivity (Wildman–Crippen MR) is 99.4 cm³/mol. The SMILES string of the molecule is CC(=O)N1CCC[C@H]1COc1cc(C2=NOC3(CCOC3)C2)ccc1OC(F)F. The number of carbonyl (C=O) groups is 1. The minimum atomic E-state index is -2.96. The number of oxime groups is 1. The summed E-state index contributed by atoms with van der Waals surface area (Å²) < 4.78 is 41.5. The third kappa shape index (κ3) is 4.29. The molecule has 4 rings (SSSR count). The number of rotatable bonds is 6. The molecule has 0 saturated carbocycles. The summed E-state index contributed by atoms with van der Waals surface area (Å²) in [4.78, 5) is 19.1. The molecule has 2 fully saturated rings. The Kier molecular flexibility index (Phi) is 5.58. The number of nitrogens with zero attached hydrogens (tertiary/aromatic N) is 2. The van der Waals surface area contributed by atoms with E-state index in [1.54, 1.807) is 17.0 Å². The Hall–Kier alpha value is -2.42. The fourth-order valence-corrected chi connectivity index (χ4v) is 4.08. The summed E-state index contributed by atoms with van der Waals surface area (Å²) in [5, 5.41) is 4.19. The lowest BCUT2D eigenvalue weighted by Gasteiger charge is -2.24. The highest BCUT2D eigenvalue weighted by Crippen LogP contribution is 2.37. The largest absolute Gasteiger partial charge is 0.488 e. The number of hydrogen-bond acceptors (Lipinski definition) is 6. The van der Waals surface area contributed by atoms with Gasteiger partial charge in [0.05, 0.1) is 25.0 Å². The highest BCUT2D eigenvalue weighted by molar-refractivity contribution is 6.02.